The average molecular weight is 637 g/mol. The molecule has 2 saturated carbocycles. The van der Waals surface area contributed by atoms with Gasteiger partial charge in [-0.05, 0) is 44.6 Å². The van der Waals surface area contributed by atoms with Crippen molar-refractivity contribution in [3.05, 3.63) is 47.9 Å². The molecule has 3 fully saturated rings. The quantitative estimate of drug-likeness (QED) is 0.232. The van der Waals surface area contributed by atoms with Crippen molar-refractivity contribution in [2.24, 2.45) is 5.92 Å². The van der Waals surface area contributed by atoms with Crippen LogP contribution in [-0.2, 0) is 0 Å². The Bertz CT molecular complexity index is 1560. The molecule has 0 bridgehead atoms. The van der Waals surface area contributed by atoms with E-state index >= 15 is 0 Å². The first-order valence-corrected chi connectivity index (χ1v) is 16.0. The van der Waals surface area contributed by atoms with E-state index < -0.39 is 5.92 Å². The van der Waals surface area contributed by atoms with Crippen LogP contribution in [-0.4, -0.2) is 84.2 Å². The van der Waals surface area contributed by atoms with E-state index in [1.807, 2.05) is 23.2 Å². The number of aromatic nitrogens is 7. The predicted molar refractivity (Wildman–Crippen MR) is 171 cm³/mol. The van der Waals surface area contributed by atoms with Gasteiger partial charge in [-0.15, -0.1) is 24.2 Å². The van der Waals surface area contributed by atoms with Crippen molar-refractivity contribution in [3.8, 4) is 29.4 Å². The van der Waals surface area contributed by atoms with Crippen LogP contribution in [0.25, 0.3) is 16.5 Å². The van der Waals surface area contributed by atoms with Gasteiger partial charge in [0.1, 0.15) is 17.8 Å². The number of terminal acetylenes is 1. The van der Waals surface area contributed by atoms with Crippen LogP contribution in [0.15, 0.2) is 36.5 Å². The summed E-state index contributed by atoms with van der Waals surface area (Å²) in [6.45, 7) is 7.58. The number of carbonyl (C=O) groups is 1. The smallest absolute Gasteiger partial charge is 0.275 e. The Morgan fingerprint density at radius 2 is 1.84 bits per heavy atom. The number of nitrogens with zero attached hydrogens (tertiary/aromatic N) is 8. The number of H-pyrrole nitrogens is 1. The molecule has 3 aliphatic rings. The van der Waals surface area contributed by atoms with E-state index in [2.05, 4.69) is 64.3 Å². The van der Waals surface area contributed by atoms with Gasteiger partial charge in [0.15, 0.2) is 10.8 Å². The molecule has 0 aromatic carbocycles. The van der Waals surface area contributed by atoms with E-state index in [9.17, 15) is 13.6 Å². The van der Waals surface area contributed by atoms with Crippen LogP contribution in [0.2, 0.25) is 0 Å². The summed E-state index contributed by atoms with van der Waals surface area (Å²) in [6.07, 6.45) is 20.3. The number of alkyl halides is 2. The number of hydrogen-bond donors (Lipinski definition) is 2. The Labute approximate surface area is 265 Å². The number of aromatic amines is 1. The first-order valence-electron chi connectivity index (χ1n) is 15.1. The molecule has 4 aromatic heterocycles. The number of pyridine rings is 1. The summed E-state index contributed by atoms with van der Waals surface area (Å²) >= 11 is 1.38. The third kappa shape index (κ3) is 8.70. The Morgan fingerprint density at radius 3 is 2.47 bits per heavy atom. The Kier molecular flexibility index (Phi) is 10.2. The standard InChI is InChI=1S/C25H28N10OS.C4H8F2.C2H2/c36-24(30-22-13-37-25(31-22)23-27-14-29-32-23)18-9-20(35-12-19(28-15-35)17-3-4-17)21(10-26-18)34-7-5-33(6-8-34)11-16-1-2-16;1-3-4(2,5)6;1-2/h9-10,12-17H,1-8,11H2,(H,30,36)(H,27,29,32);3H2,1-2H3;1-2H. The maximum Gasteiger partial charge on any atom is 0.275 e. The largest absolute Gasteiger partial charge is 0.366 e. The second-order valence-electron chi connectivity index (χ2n) is 11.5. The highest BCUT2D eigenvalue weighted by atomic mass is 32.1. The van der Waals surface area contributed by atoms with E-state index in [4.69, 9.17) is 0 Å². The summed E-state index contributed by atoms with van der Waals surface area (Å²) < 4.78 is 24.9. The molecular weight excluding hydrogens is 598 g/mol. The number of amides is 1. The highest BCUT2D eigenvalue weighted by Gasteiger charge is 2.29. The number of nitrogens with one attached hydrogen (secondary N) is 2. The average Bonchev–Trinajstić information content (AvgIpc) is 3.87. The fourth-order valence-electron chi connectivity index (χ4n) is 4.84. The zero-order valence-corrected chi connectivity index (χ0v) is 26.3. The highest BCUT2D eigenvalue weighted by molar-refractivity contribution is 7.13. The van der Waals surface area contributed by atoms with Crippen molar-refractivity contribution in [3.63, 3.8) is 0 Å². The molecule has 7 rings (SSSR count). The number of carbonyl (C=O) groups excluding carboxylic acids is 1. The first-order chi connectivity index (χ1) is 21.8. The molecule has 1 aliphatic heterocycles. The van der Waals surface area contributed by atoms with Crippen molar-refractivity contribution in [1.29, 1.82) is 0 Å². The van der Waals surface area contributed by atoms with Gasteiger partial charge in [-0.25, -0.2) is 28.7 Å². The van der Waals surface area contributed by atoms with Crippen LogP contribution in [0.5, 0.6) is 0 Å². The van der Waals surface area contributed by atoms with Crippen LogP contribution >= 0.6 is 11.3 Å². The zero-order valence-electron chi connectivity index (χ0n) is 25.5. The maximum absolute atomic E-state index is 13.2. The first kappa shape index (κ1) is 32.2. The van der Waals surface area contributed by atoms with Crippen molar-refractivity contribution in [2.45, 2.75) is 57.8 Å². The van der Waals surface area contributed by atoms with E-state index in [0.29, 0.717) is 28.3 Å². The maximum atomic E-state index is 13.2. The van der Waals surface area contributed by atoms with Crippen molar-refractivity contribution in [2.75, 3.05) is 42.9 Å². The molecule has 238 valence electrons. The number of anilines is 2. The SMILES string of the molecule is C#C.CCC(C)(F)F.O=C(Nc1csc(-c2ncn[nH]2)n1)c1cc(-n2cnc(C3CC3)c2)c(N2CCN(CC3CC3)CC2)cn1. The summed E-state index contributed by atoms with van der Waals surface area (Å²) in [5.74, 6) is -0.279. The molecule has 1 saturated heterocycles. The van der Waals surface area contributed by atoms with Crippen LogP contribution in [0.4, 0.5) is 20.3 Å². The number of thiazole rings is 1. The molecule has 0 radical (unpaired) electrons. The zero-order chi connectivity index (χ0) is 32.0. The number of piperazine rings is 1. The summed E-state index contributed by atoms with van der Waals surface area (Å²) in [6, 6.07) is 1.86. The minimum Gasteiger partial charge on any atom is -0.366 e. The normalized spacial score (nSPS) is 16.7. The van der Waals surface area contributed by atoms with Crippen molar-refractivity contribution in [1.82, 2.24) is 39.6 Å². The van der Waals surface area contributed by atoms with Crippen LogP contribution in [0, 0.1) is 18.8 Å². The fourth-order valence-corrected chi connectivity index (χ4v) is 5.53. The number of hydrogen-bond acceptors (Lipinski definition) is 9. The van der Waals surface area contributed by atoms with E-state index in [0.717, 1.165) is 56.1 Å². The molecule has 0 unspecified atom stereocenters. The molecule has 45 heavy (non-hydrogen) atoms. The molecular formula is C31H38F2N10OS. The molecule has 0 spiro atoms. The molecule has 14 heteroatoms. The lowest BCUT2D eigenvalue weighted by molar-refractivity contribution is 0.0181. The predicted octanol–water partition coefficient (Wildman–Crippen LogP) is 5.47. The lowest BCUT2D eigenvalue weighted by Gasteiger charge is -2.36. The van der Waals surface area contributed by atoms with Gasteiger partial charge in [0, 0.05) is 56.6 Å². The molecule has 4 aromatic rings. The topological polar surface area (TPSA) is 121 Å². The van der Waals surface area contributed by atoms with Gasteiger partial charge in [0.05, 0.1) is 29.6 Å². The second kappa shape index (κ2) is 14.3. The van der Waals surface area contributed by atoms with Gasteiger partial charge >= 0.3 is 0 Å². The molecule has 2 N–H and O–H groups in total. The number of imidazole rings is 1. The fraction of sp³-hybridized carbons (Fsp3) is 0.484. The van der Waals surface area contributed by atoms with Crippen LogP contribution in [0.1, 0.15) is 68.1 Å². The minimum atomic E-state index is -2.46. The summed E-state index contributed by atoms with van der Waals surface area (Å²) in [5, 5.41) is 12.0. The Balaban J connectivity index is 0.000000451. The van der Waals surface area contributed by atoms with E-state index in [-0.39, 0.29) is 12.3 Å². The Hall–Kier alpha value is -4.22. The van der Waals surface area contributed by atoms with Gasteiger partial charge in [-0.2, -0.15) is 5.10 Å². The number of halogens is 2. The van der Waals surface area contributed by atoms with E-state index in [1.54, 1.807) is 5.38 Å². The lowest BCUT2D eigenvalue weighted by atomic mass is 10.2. The van der Waals surface area contributed by atoms with Gasteiger partial charge in [-0.1, -0.05) is 6.92 Å². The van der Waals surface area contributed by atoms with Crippen molar-refractivity contribution < 1.29 is 13.6 Å². The number of rotatable bonds is 9. The third-order valence-electron chi connectivity index (χ3n) is 7.88. The molecule has 5 heterocycles. The second-order valence-corrected chi connectivity index (χ2v) is 12.4. The molecule has 2 aliphatic carbocycles. The van der Waals surface area contributed by atoms with Crippen molar-refractivity contribution >= 4 is 28.7 Å². The third-order valence-corrected chi connectivity index (χ3v) is 8.73. The monoisotopic (exact) mass is 636 g/mol. The summed E-state index contributed by atoms with van der Waals surface area (Å²) in [7, 11) is 0. The Morgan fingerprint density at radius 1 is 1.11 bits per heavy atom. The molecule has 1 amide bonds. The molecule has 11 nitrogen and oxygen atoms in total. The summed E-state index contributed by atoms with van der Waals surface area (Å²) in [5.41, 5.74) is 3.41. The molecule has 0 atom stereocenters. The van der Waals surface area contributed by atoms with E-state index in [1.165, 1.54) is 56.8 Å². The van der Waals surface area contributed by atoms with Gasteiger partial charge in [0.2, 0.25) is 5.92 Å². The van der Waals surface area contributed by atoms with Gasteiger partial charge < -0.3 is 14.8 Å². The minimum absolute atomic E-state index is 0.0625. The lowest BCUT2D eigenvalue weighted by Crippen LogP contribution is -2.47. The van der Waals surface area contributed by atoms with Crippen LogP contribution in [0.3, 0.4) is 0 Å². The summed E-state index contributed by atoms with van der Waals surface area (Å²) in [4.78, 5) is 35.9. The highest BCUT2D eigenvalue weighted by Crippen LogP contribution is 2.39. The van der Waals surface area contributed by atoms with Gasteiger partial charge in [0.25, 0.3) is 5.91 Å². The van der Waals surface area contributed by atoms with Gasteiger partial charge in [-0.3, -0.25) is 14.8 Å². The van der Waals surface area contributed by atoms with Crippen LogP contribution < -0.4 is 10.2 Å².